The van der Waals surface area contributed by atoms with Gasteiger partial charge in [0, 0.05) is 22.6 Å². The minimum absolute atomic E-state index is 0.0568. The van der Waals surface area contributed by atoms with Gasteiger partial charge in [-0.25, -0.2) is 13.4 Å². The van der Waals surface area contributed by atoms with Crippen LogP contribution in [0.2, 0.25) is 0 Å². The Kier molecular flexibility index (Phi) is 6.38. The maximum Gasteiger partial charge on any atom is 0.336 e. The summed E-state index contributed by atoms with van der Waals surface area (Å²) < 4.78 is 41.0. The van der Waals surface area contributed by atoms with Gasteiger partial charge in [0.2, 0.25) is 21.6 Å². The van der Waals surface area contributed by atoms with Gasteiger partial charge in [0.25, 0.3) is 0 Å². The van der Waals surface area contributed by atoms with Crippen LogP contribution in [-0.2, 0) is 14.6 Å². The van der Waals surface area contributed by atoms with Crippen molar-refractivity contribution in [2.75, 3.05) is 25.3 Å². The number of sulfone groups is 1. The third-order valence-corrected chi connectivity index (χ3v) is 6.51. The Morgan fingerprint density at radius 2 is 1.73 bits per heavy atom. The van der Waals surface area contributed by atoms with Crippen molar-refractivity contribution in [1.82, 2.24) is 15.2 Å². The van der Waals surface area contributed by atoms with Crippen LogP contribution in [0.1, 0.15) is 0 Å². The lowest BCUT2D eigenvalue weighted by Gasteiger charge is -2.05. The lowest BCUT2D eigenvalue weighted by Crippen LogP contribution is -2.23. The van der Waals surface area contributed by atoms with Gasteiger partial charge in [0.15, 0.2) is 5.13 Å². The number of hydrogen-bond donors (Lipinski definition) is 1. The van der Waals surface area contributed by atoms with E-state index in [4.69, 9.17) is 13.9 Å². The molecule has 12 heteroatoms. The van der Waals surface area contributed by atoms with E-state index in [1.54, 1.807) is 23.6 Å². The Balaban J connectivity index is 1.47. The van der Waals surface area contributed by atoms with Crippen LogP contribution < -0.4 is 14.8 Å². The zero-order valence-electron chi connectivity index (χ0n) is 17.5. The summed E-state index contributed by atoms with van der Waals surface area (Å²) in [6, 6.07) is 14.2. The van der Waals surface area contributed by atoms with E-state index in [0.717, 1.165) is 5.56 Å². The molecule has 0 aliphatic heterocycles. The molecule has 4 rings (SSSR count). The molecule has 2 heterocycles. The van der Waals surface area contributed by atoms with E-state index in [1.807, 2.05) is 30.3 Å². The molecule has 0 spiro atoms. The minimum atomic E-state index is -4.18. The summed E-state index contributed by atoms with van der Waals surface area (Å²) in [4.78, 5) is 16.7. The van der Waals surface area contributed by atoms with E-state index < -0.39 is 26.7 Å². The fourth-order valence-electron chi connectivity index (χ4n) is 2.85. The number of nitrogens with one attached hydrogen (secondary N) is 1. The summed E-state index contributed by atoms with van der Waals surface area (Å²) in [5.41, 5.74) is 1.96. The maximum absolute atomic E-state index is 12.6. The lowest BCUT2D eigenvalue weighted by molar-refractivity contribution is -0.113. The molecule has 4 aromatic rings. The largest absolute Gasteiger partial charge is 0.497 e. The van der Waals surface area contributed by atoms with Crippen molar-refractivity contribution in [3.63, 3.8) is 0 Å². The number of nitrogens with zero attached hydrogens (tertiary/aromatic N) is 3. The lowest BCUT2D eigenvalue weighted by atomic mass is 10.2. The zero-order chi connectivity index (χ0) is 23.4. The van der Waals surface area contributed by atoms with E-state index >= 15 is 0 Å². The van der Waals surface area contributed by atoms with Gasteiger partial charge >= 0.3 is 5.22 Å². The average molecular weight is 487 g/mol. The molecule has 33 heavy (non-hydrogen) atoms. The summed E-state index contributed by atoms with van der Waals surface area (Å²) in [5, 5.41) is 11.3. The Morgan fingerprint density at radius 3 is 2.39 bits per heavy atom. The van der Waals surface area contributed by atoms with Crippen molar-refractivity contribution >= 4 is 32.2 Å². The highest BCUT2D eigenvalue weighted by Gasteiger charge is 2.27. The Morgan fingerprint density at radius 1 is 1.03 bits per heavy atom. The van der Waals surface area contributed by atoms with Crippen LogP contribution >= 0.6 is 11.3 Å². The van der Waals surface area contributed by atoms with E-state index in [2.05, 4.69) is 20.5 Å². The quantitative estimate of drug-likeness (QED) is 0.398. The second kappa shape index (κ2) is 9.38. The van der Waals surface area contributed by atoms with Crippen molar-refractivity contribution in [3.05, 3.63) is 53.9 Å². The van der Waals surface area contributed by atoms with E-state index in [-0.39, 0.29) is 11.0 Å². The zero-order valence-corrected chi connectivity index (χ0v) is 19.1. The molecule has 0 saturated carbocycles. The van der Waals surface area contributed by atoms with Gasteiger partial charge in [-0.2, -0.15) is 0 Å². The second-order valence-corrected chi connectivity index (χ2v) is 9.41. The predicted octanol–water partition coefficient (Wildman–Crippen LogP) is 3.29. The molecule has 0 fully saturated rings. The molecule has 0 aliphatic carbocycles. The average Bonchev–Trinajstić information content (AvgIpc) is 3.49. The van der Waals surface area contributed by atoms with Crippen LogP contribution in [0, 0.1) is 0 Å². The highest BCUT2D eigenvalue weighted by Crippen LogP contribution is 2.30. The van der Waals surface area contributed by atoms with Crippen LogP contribution in [0.15, 0.2) is 63.6 Å². The summed E-state index contributed by atoms with van der Waals surface area (Å²) in [6.45, 7) is 0. The highest BCUT2D eigenvalue weighted by atomic mass is 32.2. The van der Waals surface area contributed by atoms with Crippen molar-refractivity contribution in [1.29, 1.82) is 0 Å². The molecule has 10 nitrogen and oxygen atoms in total. The molecule has 1 amide bonds. The number of amides is 1. The Bertz CT molecular complexity index is 1360. The third-order valence-electron chi connectivity index (χ3n) is 4.41. The first kappa shape index (κ1) is 22.4. The van der Waals surface area contributed by atoms with Crippen LogP contribution in [0.25, 0.3) is 22.7 Å². The second-order valence-electron chi connectivity index (χ2n) is 6.69. The van der Waals surface area contributed by atoms with Crippen LogP contribution in [-0.4, -0.2) is 49.5 Å². The number of anilines is 1. The number of hydrogen-bond acceptors (Lipinski definition) is 10. The molecule has 0 saturated heterocycles. The number of ether oxygens (including phenoxy) is 2. The van der Waals surface area contributed by atoms with Crippen LogP contribution in [0.4, 0.5) is 5.13 Å². The minimum Gasteiger partial charge on any atom is -0.497 e. The van der Waals surface area contributed by atoms with Crippen LogP contribution in [0.5, 0.6) is 11.5 Å². The molecular formula is C21H18N4O6S2. The highest BCUT2D eigenvalue weighted by molar-refractivity contribution is 7.91. The fourth-order valence-corrected chi connectivity index (χ4v) is 4.49. The van der Waals surface area contributed by atoms with Gasteiger partial charge in [-0.1, -0.05) is 35.4 Å². The normalized spacial score (nSPS) is 11.2. The number of methoxy groups -OCH3 is 2. The number of benzene rings is 2. The van der Waals surface area contributed by atoms with Gasteiger partial charge in [-0.15, -0.1) is 16.4 Å². The van der Waals surface area contributed by atoms with Gasteiger partial charge in [-0.3, -0.25) is 4.79 Å². The van der Waals surface area contributed by atoms with Crippen LogP contribution in [0.3, 0.4) is 0 Å². The van der Waals surface area contributed by atoms with Gasteiger partial charge < -0.3 is 19.2 Å². The molecule has 0 unspecified atom stereocenters. The number of thiazole rings is 1. The summed E-state index contributed by atoms with van der Waals surface area (Å²) in [6.07, 6.45) is 0. The molecule has 2 aromatic heterocycles. The van der Waals surface area contributed by atoms with Gasteiger partial charge in [-0.05, 0) is 12.1 Å². The van der Waals surface area contributed by atoms with Crippen molar-refractivity contribution in [2.24, 2.45) is 0 Å². The fraction of sp³-hybridized carbons (Fsp3) is 0.143. The molecule has 0 radical (unpaired) electrons. The monoisotopic (exact) mass is 486 g/mol. The summed E-state index contributed by atoms with van der Waals surface area (Å²) in [7, 11) is -1.22. The number of rotatable bonds is 8. The first-order valence-corrected chi connectivity index (χ1v) is 12.0. The topological polar surface area (TPSA) is 134 Å². The van der Waals surface area contributed by atoms with Crippen molar-refractivity contribution in [3.8, 4) is 34.2 Å². The molecule has 1 N–H and O–H groups in total. The SMILES string of the molecule is COc1cc(OC)cc(-c2nnc(S(=O)(=O)CC(=O)Nc3nc(-c4ccccc4)cs3)o2)c1. The van der Waals surface area contributed by atoms with Crippen molar-refractivity contribution < 1.29 is 27.1 Å². The molecule has 170 valence electrons. The molecule has 0 aliphatic rings. The number of carbonyl (C=O) groups excluding carboxylic acids is 1. The smallest absolute Gasteiger partial charge is 0.336 e. The summed E-state index contributed by atoms with van der Waals surface area (Å²) in [5.74, 6) is -0.782. The summed E-state index contributed by atoms with van der Waals surface area (Å²) >= 11 is 1.19. The molecular weight excluding hydrogens is 468 g/mol. The molecule has 0 atom stereocenters. The number of aromatic nitrogens is 3. The maximum atomic E-state index is 12.6. The van der Waals surface area contributed by atoms with Gasteiger partial charge in [0.05, 0.1) is 19.9 Å². The standard InChI is InChI=1S/C21H18N4O6S2/c1-29-15-8-14(9-16(10-15)30-2)19-24-25-21(31-19)33(27,28)12-18(26)23-20-22-17(11-32-20)13-6-4-3-5-7-13/h3-11H,12H2,1-2H3,(H,22,23,26). The van der Waals surface area contributed by atoms with Crippen molar-refractivity contribution in [2.45, 2.75) is 5.22 Å². The third kappa shape index (κ3) is 5.18. The van der Waals surface area contributed by atoms with E-state index in [0.29, 0.717) is 22.8 Å². The predicted molar refractivity (Wildman–Crippen MR) is 121 cm³/mol. The molecule has 0 bridgehead atoms. The number of carbonyl (C=O) groups is 1. The van der Waals surface area contributed by atoms with Gasteiger partial charge in [0.1, 0.15) is 17.3 Å². The van der Waals surface area contributed by atoms with E-state index in [1.165, 1.54) is 25.6 Å². The molecule has 2 aromatic carbocycles. The first-order valence-electron chi connectivity index (χ1n) is 9.48. The Hall–Kier alpha value is -3.77. The Labute approximate surface area is 193 Å². The first-order chi connectivity index (χ1) is 15.9. The van der Waals surface area contributed by atoms with E-state index in [9.17, 15) is 13.2 Å².